The van der Waals surface area contributed by atoms with Crippen LogP contribution in [0.25, 0.3) is 11.0 Å². The van der Waals surface area contributed by atoms with Crippen LogP contribution < -0.4 is 16.0 Å². The van der Waals surface area contributed by atoms with Crippen molar-refractivity contribution in [1.29, 1.82) is 0 Å². The molecular weight excluding hydrogens is 350 g/mol. The molecule has 0 aromatic carbocycles. The van der Waals surface area contributed by atoms with Gasteiger partial charge in [0.1, 0.15) is 17.2 Å². The molecule has 138 valence electrons. The molecule has 0 aliphatic rings. The molecule has 0 unspecified atom stereocenters. The summed E-state index contributed by atoms with van der Waals surface area (Å²) >= 11 is 1.67. The number of aryl methyl sites for hydroxylation is 2. The van der Waals surface area contributed by atoms with E-state index in [4.69, 9.17) is 0 Å². The van der Waals surface area contributed by atoms with Crippen molar-refractivity contribution in [2.24, 2.45) is 12.0 Å². The van der Waals surface area contributed by atoms with Gasteiger partial charge in [0.05, 0.1) is 18.1 Å². The maximum absolute atomic E-state index is 4.57. The first-order valence-corrected chi connectivity index (χ1v) is 9.29. The minimum Gasteiger partial charge on any atom is -0.368 e. The van der Waals surface area contributed by atoms with Crippen LogP contribution in [0.4, 0.5) is 5.82 Å². The van der Waals surface area contributed by atoms with Gasteiger partial charge in [-0.3, -0.25) is 4.68 Å². The van der Waals surface area contributed by atoms with Gasteiger partial charge in [0.25, 0.3) is 0 Å². The van der Waals surface area contributed by atoms with Crippen LogP contribution in [0, 0.1) is 6.92 Å². The summed E-state index contributed by atoms with van der Waals surface area (Å²) in [7, 11) is 1.86. The second-order valence-corrected chi connectivity index (χ2v) is 6.96. The summed E-state index contributed by atoms with van der Waals surface area (Å²) in [6.07, 6.45) is 5.19. The second kappa shape index (κ2) is 8.56. The van der Waals surface area contributed by atoms with Crippen molar-refractivity contribution < 1.29 is 0 Å². The maximum Gasteiger partial charge on any atom is 0.191 e. The van der Waals surface area contributed by atoms with Crippen LogP contribution in [0.1, 0.15) is 16.8 Å². The Morgan fingerprint density at radius 3 is 2.85 bits per heavy atom. The smallest absolute Gasteiger partial charge is 0.191 e. The Bertz CT molecular complexity index is 883. The summed E-state index contributed by atoms with van der Waals surface area (Å²) in [6.45, 7) is 6.87. The molecule has 0 saturated carbocycles. The van der Waals surface area contributed by atoms with Gasteiger partial charge < -0.3 is 16.0 Å². The zero-order valence-corrected chi connectivity index (χ0v) is 16.0. The zero-order valence-electron chi connectivity index (χ0n) is 15.2. The van der Waals surface area contributed by atoms with E-state index < -0.39 is 0 Å². The molecule has 3 rings (SSSR count). The number of aliphatic imine (C=N–C) groups is 1. The van der Waals surface area contributed by atoms with Gasteiger partial charge in [-0.15, -0.1) is 11.3 Å². The third kappa shape index (κ3) is 4.45. The number of guanidine groups is 1. The van der Waals surface area contributed by atoms with Crippen molar-refractivity contribution in [2.75, 3.05) is 25.0 Å². The number of hydrogen-bond donors (Lipinski definition) is 3. The van der Waals surface area contributed by atoms with Gasteiger partial charge in [-0.1, -0.05) is 0 Å². The molecule has 0 saturated heterocycles. The third-order valence-electron chi connectivity index (χ3n) is 3.63. The molecule has 0 fully saturated rings. The minimum atomic E-state index is 0.573. The van der Waals surface area contributed by atoms with Gasteiger partial charge in [-0.05, 0) is 13.8 Å². The van der Waals surface area contributed by atoms with Crippen molar-refractivity contribution in [3.05, 3.63) is 28.6 Å². The number of hydrogen-bond acceptors (Lipinski definition) is 7. The SMILES string of the molecule is CCNC(=NCc1ncc(C)s1)NCCNc1ncnc2c1cnn2C. The fourth-order valence-corrected chi connectivity index (χ4v) is 3.14. The molecule has 3 heterocycles. The quantitative estimate of drug-likeness (QED) is 0.326. The van der Waals surface area contributed by atoms with Crippen LogP contribution in [0.15, 0.2) is 23.7 Å². The zero-order chi connectivity index (χ0) is 18.4. The van der Waals surface area contributed by atoms with E-state index in [2.05, 4.69) is 41.0 Å². The summed E-state index contributed by atoms with van der Waals surface area (Å²) in [5, 5.41) is 16.0. The van der Waals surface area contributed by atoms with Crippen molar-refractivity contribution in [3.8, 4) is 0 Å². The van der Waals surface area contributed by atoms with Crippen LogP contribution in [-0.2, 0) is 13.6 Å². The molecule has 0 radical (unpaired) electrons. The summed E-state index contributed by atoms with van der Waals surface area (Å²) in [4.78, 5) is 18.6. The fourth-order valence-electron chi connectivity index (χ4n) is 2.43. The Labute approximate surface area is 156 Å². The highest BCUT2D eigenvalue weighted by Gasteiger charge is 2.07. The number of nitrogens with zero attached hydrogens (tertiary/aromatic N) is 6. The Morgan fingerprint density at radius 2 is 2.08 bits per heavy atom. The van der Waals surface area contributed by atoms with E-state index in [9.17, 15) is 0 Å². The van der Waals surface area contributed by atoms with Crippen LogP contribution in [0.2, 0.25) is 0 Å². The van der Waals surface area contributed by atoms with E-state index in [1.54, 1.807) is 28.5 Å². The summed E-state index contributed by atoms with van der Waals surface area (Å²) in [6, 6.07) is 0. The molecular formula is C16H23N9S. The summed E-state index contributed by atoms with van der Waals surface area (Å²) in [5.74, 6) is 1.56. The van der Waals surface area contributed by atoms with Crippen LogP contribution in [-0.4, -0.2) is 50.3 Å². The first kappa shape index (κ1) is 18.1. The number of anilines is 1. The molecule has 0 amide bonds. The molecule has 0 atom stereocenters. The highest BCUT2D eigenvalue weighted by molar-refractivity contribution is 7.11. The summed E-state index contributed by atoms with van der Waals surface area (Å²) in [5.41, 5.74) is 0.809. The largest absolute Gasteiger partial charge is 0.368 e. The Balaban J connectivity index is 1.52. The first-order chi connectivity index (χ1) is 12.7. The van der Waals surface area contributed by atoms with E-state index in [1.807, 2.05) is 27.1 Å². The van der Waals surface area contributed by atoms with Crippen molar-refractivity contribution in [1.82, 2.24) is 35.4 Å². The van der Waals surface area contributed by atoms with Crippen molar-refractivity contribution in [3.63, 3.8) is 0 Å². The van der Waals surface area contributed by atoms with Gasteiger partial charge in [0.15, 0.2) is 11.6 Å². The van der Waals surface area contributed by atoms with Gasteiger partial charge in [-0.2, -0.15) is 5.10 Å². The number of nitrogens with one attached hydrogen (secondary N) is 3. The van der Waals surface area contributed by atoms with Gasteiger partial charge in [0, 0.05) is 37.8 Å². The average Bonchev–Trinajstić information content (AvgIpc) is 3.23. The lowest BCUT2D eigenvalue weighted by Gasteiger charge is -2.12. The maximum atomic E-state index is 4.57. The topological polar surface area (TPSA) is 105 Å². The van der Waals surface area contributed by atoms with Crippen molar-refractivity contribution >= 4 is 34.1 Å². The predicted molar refractivity (Wildman–Crippen MR) is 104 cm³/mol. The lowest BCUT2D eigenvalue weighted by atomic mass is 10.4. The van der Waals surface area contributed by atoms with Crippen LogP contribution in [0.3, 0.4) is 0 Å². The van der Waals surface area contributed by atoms with Crippen molar-refractivity contribution in [2.45, 2.75) is 20.4 Å². The molecule has 3 aromatic heterocycles. The second-order valence-electron chi connectivity index (χ2n) is 5.64. The van der Waals surface area contributed by atoms with E-state index in [0.717, 1.165) is 34.4 Å². The fraction of sp³-hybridized carbons (Fsp3) is 0.438. The van der Waals surface area contributed by atoms with E-state index >= 15 is 0 Å². The monoisotopic (exact) mass is 373 g/mol. The predicted octanol–water partition coefficient (Wildman–Crippen LogP) is 1.30. The number of aromatic nitrogens is 5. The Hall–Kier alpha value is -2.75. The number of rotatable bonds is 7. The Morgan fingerprint density at radius 1 is 1.19 bits per heavy atom. The molecule has 10 heteroatoms. The van der Waals surface area contributed by atoms with E-state index in [-0.39, 0.29) is 0 Å². The van der Waals surface area contributed by atoms with Gasteiger partial charge in [0.2, 0.25) is 0 Å². The van der Waals surface area contributed by atoms with Crippen LogP contribution in [0.5, 0.6) is 0 Å². The molecule has 3 N–H and O–H groups in total. The minimum absolute atomic E-state index is 0.573. The number of fused-ring (bicyclic) bond motifs is 1. The molecule has 0 spiro atoms. The van der Waals surface area contributed by atoms with Gasteiger partial charge >= 0.3 is 0 Å². The molecule has 3 aromatic rings. The molecule has 0 bridgehead atoms. The van der Waals surface area contributed by atoms with Gasteiger partial charge in [-0.25, -0.2) is 19.9 Å². The Kier molecular flexibility index (Phi) is 5.95. The highest BCUT2D eigenvalue weighted by atomic mass is 32.1. The molecule has 26 heavy (non-hydrogen) atoms. The summed E-state index contributed by atoms with van der Waals surface area (Å²) < 4.78 is 1.73. The normalized spacial score (nSPS) is 11.7. The van der Waals surface area contributed by atoms with E-state index in [1.165, 1.54) is 4.88 Å². The third-order valence-corrected chi connectivity index (χ3v) is 4.52. The lowest BCUT2D eigenvalue weighted by Crippen LogP contribution is -2.39. The molecule has 0 aliphatic heterocycles. The average molecular weight is 373 g/mol. The molecule has 0 aliphatic carbocycles. The number of thiazole rings is 1. The lowest BCUT2D eigenvalue weighted by molar-refractivity contribution is 0.785. The first-order valence-electron chi connectivity index (χ1n) is 8.47. The standard InChI is InChI=1S/C16H23N9S/c1-4-17-16(21-9-13-20-7-11(2)26-13)19-6-5-18-14-12-8-24-25(3)15(12)23-10-22-14/h7-8,10H,4-6,9H2,1-3H3,(H2,17,19,21)(H,18,22,23). The molecule has 9 nitrogen and oxygen atoms in total. The van der Waals surface area contributed by atoms with Crippen LogP contribution >= 0.6 is 11.3 Å². The highest BCUT2D eigenvalue weighted by Crippen LogP contribution is 2.17. The van der Waals surface area contributed by atoms with E-state index in [0.29, 0.717) is 19.6 Å².